The van der Waals surface area contributed by atoms with Crippen molar-refractivity contribution in [3.05, 3.63) is 58.6 Å². The average molecular weight is 375 g/mol. The van der Waals surface area contributed by atoms with Crippen LogP contribution in [0.25, 0.3) is 0 Å². The number of benzene rings is 2. The number of carbonyl (C=O) groups is 2. The second-order valence-electron chi connectivity index (χ2n) is 5.99. The van der Waals surface area contributed by atoms with Crippen molar-refractivity contribution < 1.29 is 9.59 Å². The maximum Gasteiger partial charge on any atom is 0.253 e. The molecule has 0 heterocycles. The van der Waals surface area contributed by atoms with E-state index < -0.39 is 0 Å². The quantitative estimate of drug-likeness (QED) is 0.739. The molecule has 4 nitrogen and oxygen atoms in total. The molecule has 1 fully saturated rings. The number of thioether (sulfide) groups is 1. The second-order valence-corrected chi connectivity index (χ2v) is 7.28. The van der Waals surface area contributed by atoms with Gasteiger partial charge in [-0.2, -0.15) is 0 Å². The van der Waals surface area contributed by atoms with Crippen LogP contribution in [0.4, 0.5) is 5.69 Å². The van der Waals surface area contributed by atoms with Crippen LogP contribution in [0.1, 0.15) is 28.8 Å². The van der Waals surface area contributed by atoms with Crippen LogP contribution in [0, 0.1) is 5.92 Å². The molecule has 1 saturated carbocycles. The molecule has 0 atom stereocenters. The van der Waals surface area contributed by atoms with Crippen LogP contribution in [-0.4, -0.2) is 18.1 Å². The molecule has 0 saturated heterocycles. The fourth-order valence-electron chi connectivity index (χ4n) is 2.43. The Balaban J connectivity index is 1.63. The molecule has 0 spiro atoms. The highest BCUT2D eigenvalue weighted by atomic mass is 35.5. The molecule has 1 aliphatic carbocycles. The molecule has 0 radical (unpaired) electrons. The first-order valence-corrected chi connectivity index (χ1v) is 9.68. The summed E-state index contributed by atoms with van der Waals surface area (Å²) in [4.78, 5) is 25.2. The molecule has 25 heavy (non-hydrogen) atoms. The molecule has 1 aliphatic rings. The van der Waals surface area contributed by atoms with Crippen molar-refractivity contribution >= 4 is 40.9 Å². The number of carbonyl (C=O) groups excluding carboxylic acids is 2. The Morgan fingerprint density at radius 3 is 2.72 bits per heavy atom. The summed E-state index contributed by atoms with van der Waals surface area (Å²) >= 11 is 7.69. The van der Waals surface area contributed by atoms with E-state index in [-0.39, 0.29) is 17.7 Å². The summed E-state index contributed by atoms with van der Waals surface area (Å²) in [6, 6.07) is 12.9. The normalized spacial score (nSPS) is 13.4. The lowest BCUT2D eigenvalue weighted by molar-refractivity contribution is -0.117. The van der Waals surface area contributed by atoms with E-state index >= 15 is 0 Å². The third-order valence-electron chi connectivity index (χ3n) is 4.01. The lowest BCUT2D eigenvalue weighted by atomic mass is 10.1. The van der Waals surface area contributed by atoms with Crippen molar-refractivity contribution in [1.82, 2.24) is 5.32 Å². The van der Waals surface area contributed by atoms with Crippen LogP contribution in [0.5, 0.6) is 0 Å². The third-order valence-corrected chi connectivity index (χ3v) is 5.07. The third kappa shape index (κ3) is 4.77. The molecule has 0 aliphatic heterocycles. The molecule has 2 aromatic carbocycles. The summed E-state index contributed by atoms with van der Waals surface area (Å²) in [6.45, 7) is 0.367. The summed E-state index contributed by atoms with van der Waals surface area (Å²) in [5.41, 5.74) is 2.14. The predicted molar refractivity (Wildman–Crippen MR) is 102 cm³/mol. The predicted octanol–water partition coefficient (Wildman–Crippen LogP) is 4.34. The zero-order valence-electron chi connectivity index (χ0n) is 13.8. The molecular formula is C19H19ClN2O2S. The van der Waals surface area contributed by atoms with E-state index in [2.05, 4.69) is 10.6 Å². The maximum atomic E-state index is 12.4. The molecule has 0 bridgehead atoms. The van der Waals surface area contributed by atoms with Gasteiger partial charge >= 0.3 is 0 Å². The Labute approximate surface area is 156 Å². The van der Waals surface area contributed by atoms with Gasteiger partial charge in [0, 0.05) is 23.0 Å². The van der Waals surface area contributed by atoms with Gasteiger partial charge in [0.1, 0.15) is 0 Å². The zero-order valence-corrected chi connectivity index (χ0v) is 15.4. The highest BCUT2D eigenvalue weighted by molar-refractivity contribution is 7.98. The Morgan fingerprint density at radius 2 is 2.00 bits per heavy atom. The van der Waals surface area contributed by atoms with Crippen LogP contribution < -0.4 is 10.6 Å². The van der Waals surface area contributed by atoms with E-state index in [9.17, 15) is 9.59 Å². The Bertz CT molecular complexity index is 806. The number of nitrogens with one attached hydrogen (secondary N) is 2. The van der Waals surface area contributed by atoms with Gasteiger partial charge in [-0.05, 0) is 55.0 Å². The minimum Gasteiger partial charge on any atom is -0.348 e. The maximum absolute atomic E-state index is 12.4. The minimum absolute atomic E-state index is 0.0712. The molecule has 130 valence electrons. The summed E-state index contributed by atoms with van der Waals surface area (Å²) in [5.74, 6) is 0.0179. The van der Waals surface area contributed by atoms with Crippen molar-refractivity contribution in [1.29, 1.82) is 0 Å². The number of anilines is 1. The summed E-state index contributed by atoms with van der Waals surface area (Å²) in [5, 5.41) is 6.22. The topological polar surface area (TPSA) is 58.2 Å². The van der Waals surface area contributed by atoms with Gasteiger partial charge in [0.15, 0.2) is 0 Å². The van der Waals surface area contributed by atoms with Crippen molar-refractivity contribution in [2.75, 3.05) is 11.6 Å². The second kappa shape index (κ2) is 7.93. The number of hydrogen-bond acceptors (Lipinski definition) is 3. The Morgan fingerprint density at radius 1 is 1.20 bits per heavy atom. The van der Waals surface area contributed by atoms with E-state index in [1.54, 1.807) is 23.9 Å². The van der Waals surface area contributed by atoms with Crippen LogP contribution in [0.3, 0.4) is 0 Å². The first-order chi connectivity index (χ1) is 12.1. The zero-order chi connectivity index (χ0) is 17.8. The highest BCUT2D eigenvalue weighted by Gasteiger charge is 2.29. The minimum atomic E-state index is -0.215. The van der Waals surface area contributed by atoms with E-state index in [1.807, 2.05) is 36.6 Å². The van der Waals surface area contributed by atoms with Crippen molar-refractivity contribution in [3.8, 4) is 0 Å². The molecule has 6 heteroatoms. The number of rotatable bonds is 6. The lowest BCUT2D eigenvalue weighted by Crippen LogP contribution is -2.23. The molecule has 0 aromatic heterocycles. The van der Waals surface area contributed by atoms with E-state index in [1.165, 1.54) is 0 Å². The summed E-state index contributed by atoms with van der Waals surface area (Å²) in [7, 11) is 0. The van der Waals surface area contributed by atoms with Gasteiger partial charge in [0.05, 0.1) is 10.6 Å². The number of hydrogen-bond donors (Lipinski definition) is 2. The molecule has 0 unspecified atom stereocenters. The average Bonchev–Trinajstić information content (AvgIpc) is 3.45. The van der Waals surface area contributed by atoms with Crippen LogP contribution in [0.15, 0.2) is 47.4 Å². The number of halogens is 1. The first kappa shape index (κ1) is 17.8. The van der Waals surface area contributed by atoms with Gasteiger partial charge in [-0.3, -0.25) is 9.59 Å². The molecular weight excluding hydrogens is 356 g/mol. The van der Waals surface area contributed by atoms with Crippen molar-refractivity contribution in [2.24, 2.45) is 5.92 Å². The van der Waals surface area contributed by atoms with Crippen molar-refractivity contribution in [2.45, 2.75) is 24.3 Å². The fraction of sp³-hybridized carbons (Fsp3) is 0.263. The van der Waals surface area contributed by atoms with Crippen LogP contribution in [-0.2, 0) is 11.3 Å². The molecule has 2 N–H and O–H groups in total. The SMILES string of the molecule is CSc1ccc(Cl)c(C(=O)NCc2cccc(NC(=O)C3CC3)c2)c1. The van der Waals surface area contributed by atoms with Crippen LogP contribution >= 0.6 is 23.4 Å². The summed E-state index contributed by atoms with van der Waals surface area (Å²) < 4.78 is 0. The van der Waals surface area contributed by atoms with E-state index in [0.29, 0.717) is 17.1 Å². The fourth-order valence-corrected chi connectivity index (χ4v) is 3.08. The van der Waals surface area contributed by atoms with E-state index in [0.717, 1.165) is 29.0 Å². The number of amides is 2. The van der Waals surface area contributed by atoms with E-state index in [4.69, 9.17) is 11.6 Å². The van der Waals surface area contributed by atoms with Gasteiger partial charge in [-0.1, -0.05) is 23.7 Å². The molecule has 2 amide bonds. The monoisotopic (exact) mass is 374 g/mol. The summed E-state index contributed by atoms with van der Waals surface area (Å²) in [6.07, 6.45) is 3.89. The Hall–Kier alpha value is -1.98. The van der Waals surface area contributed by atoms with Crippen LogP contribution in [0.2, 0.25) is 5.02 Å². The highest BCUT2D eigenvalue weighted by Crippen LogP contribution is 2.30. The standard InChI is InChI=1S/C19H19ClN2O2S/c1-25-15-7-8-17(20)16(10-15)19(24)21-11-12-3-2-4-14(9-12)22-18(23)13-5-6-13/h2-4,7-10,13H,5-6,11H2,1H3,(H,21,24)(H,22,23). The Kier molecular flexibility index (Phi) is 5.66. The first-order valence-electron chi connectivity index (χ1n) is 8.08. The van der Waals surface area contributed by atoms with Gasteiger partial charge in [-0.15, -0.1) is 11.8 Å². The van der Waals surface area contributed by atoms with Gasteiger partial charge < -0.3 is 10.6 Å². The van der Waals surface area contributed by atoms with Gasteiger partial charge in [-0.25, -0.2) is 0 Å². The largest absolute Gasteiger partial charge is 0.348 e. The lowest BCUT2D eigenvalue weighted by Gasteiger charge is -2.10. The molecule has 2 aromatic rings. The smallest absolute Gasteiger partial charge is 0.253 e. The molecule has 3 rings (SSSR count). The van der Waals surface area contributed by atoms with Gasteiger partial charge in [0.2, 0.25) is 5.91 Å². The van der Waals surface area contributed by atoms with Gasteiger partial charge in [0.25, 0.3) is 5.91 Å². The van der Waals surface area contributed by atoms with Crippen molar-refractivity contribution in [3.63, 3.8) is 0 Å².